The summed E-state index contributed by atoms with van der Waals surface area (Å²) in [6, 6.07) is 7.54. The normalized spacial score (nSPS) is 20.7. The molecule has 6 heteroatoms. The summed E-state index contributed by atoms with van der Waals surface area (Å²) in [4.78, 5) is 28.7. The monoisotopic (exact) mass is 317 g/mol. The van der Waals surface area contributed by atoms with Crippen LogP contribution in [0.25, 0.3) is 0 Å². The SMILES string of the molecule is COCCN1CCNC(CC(=O)N2CCc3ccccc32)C1=O. The van der Waals surface area contributed by atoms with Gasteiger partial charge in [-0.2, -0.15) is 0 Å². The number of para-hydroxylation sites is 1. The van der Waals surface area contributed by atoms with Gasteiger partial charge in [-0.15, -0.1) is 0 Å². The largest absolute Gasteiger partial charge is 0.383 e. The Morgan fingerprint density at radius 2 is 2.17 bits per heavy atom. The maximum atomic E-state index is 12.6. The number of anilines is 1. The Labute approximate surface area is 136 Å². The van der Waals surface area contributed by atoms with Crippen molar-refractivity contribution in [3.05, 3.63) is 29.8 Å². The van der Waals surface area contributed by atoms with Gasteiger partial charge in [0.1, 0.15) is 0 Å². The van der Waals surface area contributed by atoms with Crippen molar-refractivity contribution in [2.24, 2.45) is 0 Å². The van der Waals surface area contributed by atoms with E-state index in [1.165, 1.54) is 5.56 Å². The average Bonchev–Trinajstić information content (AvgIpc) is 3.00. The first-order valence-electron chi connectivity index (χ1n) is 8.10. The highest BCUT2D eigenvalue weighted by Gasteiger charge is 2.33. The molecule has 0 aliphatic carbocycles. The number of piperazine rings is 1. The van der Waals surface area contributed by atoms with Crippen LogP contribution in [0.15, 0.2) is 24.3 Å². The first-order valence-corrected chi connectivity index (χ1v) is 8.10. The predicted molar refractivity (Wildman–Crippen MR) is 87.4 cm³/mol. The molecular formula is C17H23N3O3. The summed E-state index contributed by atoms with van der Waals surface area (Å²) in [5.74, 6) is 0.00326. The van der Waals surface area contributed by atoms with E-state index in [1.54, 1.807) is 16.9 Å². The van der Waals surface area contributed by atoms with E-state index in [9.17, 15) is 9.59 Å². The van der Waals surface area contributed by atoms with Crippen LogP contribution >= 0.6 is 0 Å². The number of carbonyl (C=O) groups is 2. The van der Waals surface area contributed by atoms with Crippen molar-refractivity contribution < 1.29 is 14.3 Å². The van der Waals surface area contributed by atoms with Crippen LogP contribution in [0.5, 0.6) is 0 Å². The summed E-state index contributed by atoms with van der Waals surface area (Å²) >= 11 is 0. The average molecular weight is 317 g/mol. The maximum Gasteiger partial charge on any atom is 0.240 e. The lowest BCUT2D eigenvalue weighted by Crippen LogP contribution is -2.57. The van der Waals surface area contributed by atoms with E-state index in [-0.39, 0.29) is 18.2 Å². The van der Waals surface area contributed by atoms with E-state index in [2.05, 4.69) is 11.4 Å². The summed E-state index contributed by atoms with van der Waals surface area (Å²) in [6.07, 6.45) is 1.09. The zero-order chi connectivity index (χ0) is 16.2. The van der Waals surface area contributed by atoms with Gasteiger partial charge in [-0.3, -0.25) is 9.59 Å². The fourth-order valence-corrected chi connectivity index (χ4v) is 3.26. The number of nitrogens with zero attached hydrogens (tertiary/aromatic N) is 2. The topological polar surface area (TPSA) is 61.9 Å². The number of fused-ring (bicyclic) bond motifs is 1. The fraction of sp³-hybridized carbons (Fsp3) is 0.529. The highest BCUT2D eigenvalue weighted by atomic mass is 16.5. The third-order valence-electron chi connectivity index (χ3n) is 4.51. The smallest absolute Gasteiger partial charge is 0.240 e. The number of carbonyl (C=O) groups excluding carboxylic acids is 2. The second-order valence-electron chi connectivity index (χ2n) is 5.95. The number of hydrogen-bond acceptors (Lipinski definition) is 4. The predicted octanol–water partition coefficient (Wildman–Crippen LogP) is 0.413. The molecule has 1 saturated heterocycles. The van der Waals surface area contributed by atoms with Crippen LogP contribution in [-0.2, 0) is 20.7 Å². The molecule has 2 amide bonds. The molecule has 0 saturated carbocycles. The van der Waals surface area contributed by atoms with Gasteiger partial charge in [-0.1, -0.05) is 18.2 Å². The zero-order valence-electron chi connectivity index (χ0n) is 13.5. The summed E-state index contributed by atoms with van der Waals surface area (Å²) in [6.45, 7) is 3.18. The third-order valence-corrected chi connectivity index (χ3v) is 4.51. The van der Waals surface area contributed by atoms with Gasteiger partial charge in [-0.25, -0.2) is 0 Å². The van der Waals surface area contributed by atoms with E-state index in [0.717, 1.165) is 12.1 Å². The van der Waals surface area contributed by atoms with Crippen molar-refractivity contribution in [1.29, 1.82) is 0 Å². The van der Waals surface area contributed by atoms with Gasteiger partial charge in [0.25, 0.3) is 0 Å². The van der Waals surface area contributed by atoms with Crippen LogP contribution < -0.4 is 10.2 Å². The summed E-state index contributed by atoms with van der Waals surface area (Å²) in [5, 5.41) is 3.17. The zero-order valence-corrected chi connectivity index (χ0v) is 13.5. The Morgan fingerprint density at radius 3 is 3.00 bits per heavy atom. The van der Waals surface area contributed by atoms with Crippen LogP contribution in [0.2, 0.25) is 0 Å². The number of methoxy groups -OCH3 is 1. The Kier molecular flexibility index (Phi) is 4.93. The number of nitrogens with one attached hydrogen (secondary N) is 1. The van der Waals surface area contributed by atoms with Gasteiger partial charge in [0.05, 0.1) is 19.1 Å². The van der Waals surface area contributed by atoms with Crippen molar-refractivity contribution in [1.82, 2.24) is 10.2 Å². The molecule has 2 heterocycles. The molecule has 1 N–H and O–H groups in total. The molecule has 23 heavy (non-hydrogen) atoms. The number of hydrogen-bond donors (Lipinski definition) is 1. The molecule has 3 rings (SSSR count). The summed E-state index contributed by atoms with van der Waals surface area (Å²) in [7, 11) is 1.62. The minimum Gasteiger partial charge on any atom is -0.383 e. The first-order chi connectivity index (χ1) is 11.2. The molecule has 1 aromatic carbocycles. The van der Waals surface area contributed by atoms with Crippen molar-refractivity contribution in [2.75, 3.05) is 44.8 Å². The molecule has 1 fully saturated rings. The van der Waals surface area contributed by atoms with E-state index >= 15 is 0 Å². The van der Waals surface area contributed by atoms with Crippen LogP contribution in [-0.4, -0.2) is 62.7 Å². The lowest BCUT2D eigenvalue weighted by molar-refractivity contribution is -0.138. The Bertz CT molecular complexity index is 590. The molecule has 124 valence electrons. The standard InChI is InChI=1S/C17H23N3O3/c1-23-11-10-19-9-7-18-14(17(19)22)12-16(21)20-8-6-13-4-2-3-5-15(13)20/h2-5,14,18H,6-12H2,1H3. The molecule has 6 nitrogen and oxygen atoms in total. The van der Waals surface area contributed by atoms with E-state index in [0.29, 0.717) is 32.8 Å². The molecule has 0 radical (unpaired) electrons. The molecule has 2 aliphatic heterocycles. The van der Waals surface area contributed by atoms with Gasteiger partial charge in [0.2, 0.25) is 11.8 Å². The van der Waals surface area contributed by atoms with Crippen molar-refractivity contribution in [2.45, 2.75) is 18.9 Å². The number of ether oxygens (including phenoxy) is 1. The van der Waals surface area contributed by atoms with E-state index in [4.69, 9.17) is 4.74 Å². The lowest BCUT2D eigenvalue weighted by Gasteiger charge is -2.33. The minimum absolute atomic E-state index is 0.00543. The van der Waals surface area contributed by atoms with E-state index in [1.807, 2.05) is 18.2 Å². The van der Waals surface area contributed by atoms with Gasteiger partial charge < -0.3 is 19.9 Å². The molecule has 0 aromatic heterocycles. The second-order valence-corrected chi connectivity index (χ2v) is 5.95. The molecular weight excluding hydrogens is 294 g/mol. The Hall–Kier alpha value is -1.92. The fourth-order valence-electron chi connectivity index (χ4n) is 3.26. The van der Waals surface area contributed by atoms with Crippen molar-refractivity contribution >= 4 is 17.5 Å². The summed E-state index contributed by atoms with van der Waals surface area (Å²) in [5.41, 5.74) is 2.18. The second kappa shape index (κ2) is 7.10. The van der Waals surface area contributed by atoms with Gasteiger partial charge >= 0.3 is 0 Å². The highest BCUT2D eigenvalue weighted by Crippen LogP contribution is 2.28. The minimum atomic E-state index is -0.430. The van der Waals surface area contributed by atoms with Crippen LogP contribution in [0.1, 0.15) is 12.0 Å². The molecule has 1 unspecified atom stereocenters. The van der Waals surface area contributed by atoms with Crippen molar-refractivity contribution in [3.63, 3.8) is 0 Å². The maximum absolute atomic E-state index is 12.6. The van der Waals surface area contributed by atoms with Crippen LogP contribution in [0.3, 0.4) is 0 Å². The summed E-state index contributed by atoms with van der Waals surface area (Å²) < 4.78 is 5.04. The first kappa shape index (κ1) is 16.0. The molecule has 2 aliphatic rings. The van der Waals surface area contributed by atoms with Gasteiger partial charge in [0.15, 0.2) is 0 Å². The molecule has 0 bridgehead atoms. The third kappa shape index (κ3) is 3.38. The van der Waals surface area contributed by atoms with Crippen LogP contribution in [0, 0.1) is 0 Å². The van der Waals surface area contributed by atoms with Gasteiger partial charge in [-0.05, 0) is 18.1 Å². The number of rotatable bonds is 5. The highest BCUT2D eigenvalue weighted by molar-refractivity contribution is 5.98. The molecule has 0 spiro atoms. The van der Waals surface area contributed by atoms with E-state index < -0.39 is 6.04 Å². The lowest BCUT2D eigenvalue weighted by atomic mass is 10.1. The Balaban J connectivity index is 1.63. The molecule has 1 aromatic rings. The number of benzene rings is 1. The Morgan fingerprint density at radius 1 is 1.35 bits per heavy atom. The van der Waals surface area contributed by atoms with Gasteiger partial charge in [0, 0.05) is 39.0 Å². The number of amides is 2. The quantitative estimate of drug-likeness (QED) is 0.855. The van der Waals surface area contributed by atoms with Crippen LogP contribution in [0.4, 0.5) is 5.69 Å². The van der Waals surface area contributed by atoms with Crippen molar-refractivity contribution in [3.8, 4) is 0 Å². The molecule has 1 atom stereocenters.